The van der Waals surface area contributed by atoms with E-state index in [0.717, 1.165) is 17.9 Å². The topological polar surface area (TPSA) is 29.9 Å². The first-order valence-electron chi connectivity index (χ1n) is 6.05. The average Bonchev–Trinajstić information content (AvgIpc) is 2.87. The molecule has 1 aromatic heterocycles. The maximum absolute atomic E-state index is 4.53. The zero-order chi connectivity index (χ0) is 12.4. The summed E-state index contributed by atoms with van der Waals surface area (Å²) in [5.74, 6) is 0. The molecule has 0 bridgehead atoms. The Hall–Kier alpha value is -2.13. The monoisotopic (exact) mass is 237 g/mol. The molecule has 0 fully saturated rings. The van der Waals surface area contributed by atoms with Crippen LogP contribution in [0.4, 0.5) is 0 Å². The highest BCUT2D eigenvalue weighted by molar-refractivity contribution is 5.84. The fraction of sp³-hybridized carbons (Fsp3) is 0.133. The van der Waals surface area contributed by atoms with Crippen molar-refractivity contribution in [3.8, 4) is 5.69 Å². The van der Waals surface area contributed by atoms with Gasteiger partial charge in [-0.2, -0.15) is 5.10 Å². The second-order valence-corrected chi connectivity index (χ2v) is 4.31. The minimum atomic E-state index is 0.792. The summed E-state index contributed by atoms with van der Waals surface area (Å²) in [6.45, 7) is 0.792. The van der Waals surface area contributed by atoms with Gasteiger partial charge in [0.1, 0.15) is 0 Å². The third-order valence-corrected chi connectivity index (χ3v) is 3.00. The van der Waals surface area contributed by atoms with E-state index in [1.807, 2.05) is 24.0 Å². The summed E-state index contributed by atoms with van der Waals surface area (Å²) in [6.07, 6.45) is 2.00. The predicted molar refractivity (Wildman–Crippen MR) is 73.8 cm³/mol. The lowest BCUT2D eigenvalue weighted by molar-refractivity contribution is 0.757. The Morgan fingerprint density at radius 3 is 2.72 bits per heavy atom. The Labute approximate surface area is 106 Å². The van der Waals surface area contributed by atoms with Crippen molar-refractivity contribution in [3.63, 3.8) is 0 Å². The van der Waals surface area contributed by atoms with Crippen LogP contribution in [-0.4, -0.2) is 16.8 Å². The summed E-state index contributed by atoms with van der Waals surface area (Å²) in [5.41, 5.74) is 2.14. The summed E-state index contributed by atoms with van der Waals surface area (Å²) < 4.78 is 1.92. The van der Waals surface area contributed by atoms with Gasteiger partial charge in [0, 0.05) is 12.7 Å². The third-order valence-electron chi connectivity index (χ3n) is 3.00. The molecule has 0 aliphatic heterocycles. The highest BCUT2D eigenvalue weighted by Crippen LogP contribution is 2.18. The van der Waals surface area contributed by atoms with Crippen LogP contribution in [0.1, 0.15) is 5.69 Å². The fourth-order valence-corrected chi connectivity index (χ4v) is 2.10. The normalized spacial score (nSPS) is 10.9. The minimum Gasteiger partial charge on any atom is -0.314 e. The van der Waals surface area contributed by atoms with E-state index in [9.17, 15) is 0 Å². The molecule has 90 valence electrons. The smallest absolute Gasteiger partial charge is 0.0766 e. The standard InChI is InChI=1S/C15H15N3/c1-16-11-14-8-9-18(17-14)15-7-6-12-4-2-3-5-13(12)10-15/h2-10,16H,11H2,1H3. The van der Waals surface area contributed by atoms with Gasteiger partial charge in [-0.1, -0.05) is 30.3 Å². The molecule has 2 aromatic carbocycles. The molecule has 18 heavy (non-hydrogen) atoms. The van der Waals surface area contributed by atoms with Gasteiger partial charge in [-0.3, -0.25) is 0 Å². The SMILES string of the molecule is CNCc1ccn(-c2ccc3ccccc3c2)n1. The predicted octanol–water partition coefficient (Wildman–Crippen LogP) is 2.74. The van der Waals surface area contributed by atoms with Gasteiger partial charge in [-0.25, -0.2) is 4.68 Å². The van der Waals surface area contributed by atoms with Crippen LogP contribution >= 0.6 is 0 Å². The lowest BCUT2D eigenvalue weighted by Gasteiger charge is -2.03. The van der Waals surface area contributed by atoms with Crippen molar-refractivity contribution in [2.24, 2.45) is 0 Å². The molecule has 0 spiro atoms. The van der Waals surface area contributed by atoms with Gasteiger partial charge in [0.2, 0.25) is 0 Å². The molecule has 3 heteroatoms. The molecule has 1 heterocycles. The number of nitrogens with one attached hydrogen (secondary N) is 1. The van der Waals surface area contributed by atoms with Gasteiger partial charge in [-0.15, -0.1) is 0 Å². The van der Waals surface area contributed by atoms with E-state index in [1.54, 1.807) is 0 Å². The summed E-state index contributed by atoms with van der Waals surface area (Å²) in [5, 5.41) is 10.1. The number of hydrogen-bond donors (Lipinski definition) is 1. The average molecular weight is 237 g/mol. The van der Waals surface area contributed by atoms with Gasteiger partial charge in [0.15, 0.2) is 0 Å². The Morgan fingerprint density at radius 1 is 1.06 bits per heavy atom. The molecule has 1 N–H and O–H groups in total. The van der Waals surface area contributed by atoms with E-state index < -0.39 is 0 Å². The van der Waals surface area contributed by atoms with Crippen LogP contribution in [0.15, 0.2) is 54.7 Å². The number of fused-ring (bicyclic) bond motifs is 1. The lowest BCUT2D eigenvalue weighted by Crippen LogP contribution is -2.06. The lowest BCUT2D eigenvalue weighted by atomic mass is 10.1. The van der Waals surface area contributed by atoms with Crippen molar-refractivity contribution in [2.45, 2.75) is 6.54 Å². The van der Waals surface area contributed by atoms with E-state index in [0.29, 0.717) is 0 Å². The van der Waals surface area contributed by atoms with Crippen LogP contribution in [0.5, 0.6) is 0 Å². The van der Waals surface area contributed by atoms with Gasteiger partial charge >= 0.3 is 0 Å². The first kappa shape index (κ1) is 11.0. The number of nitrogens with zero attached hydrogens (tertiary/aromatic N) is 2. The zero-order valence-corrected chi connectivity index (χ0v) is 10.3. The summed E-state index contributed by atoms with van der Waals surface area (Å²) in [4.78, 5) is 0. The van der Waals surface area contributed by atoms with Crippen LogP contribution in [0.25, 0.3) is 16.5 Å². The molecular formula is C15H15N3. The maximum atomic E-state index is 4.53. The molecule has 0 saturated carbocycles. The van der Waals surface area contributed by atoms with Crippen molar-refractivity contribution >= 4 is 10.8 Å². The van der Waals surface area contributed by atoms with Crippen LogP contribution in [0.2, 0.25) is 0 Å². The molecule has 3 nitrogen and oxygen atoms in total. The van der Waals surface area contributed by atoms with Crippen molar-refractivity contribution in [1.29, 1.82) is 0 Å². The number of aromatic nitrogens is 2. The van der Waals surface area contributed by atoms with Crippen LogP contribution in [-0.2, 0) is 6.54 Å². The molecule has 0 radical (unpaired) electrons. The highest BCUT2D eigenvalue weighted by Gasteiger charge is 2.01. The minimum absolute atomic E-state index is 0.792. The molecule has 3 rings (SSSR count). The van der Waals surface area contributed by atoms with Gasteiger partial charge in [0.05, 0.1) is 11.4 Å². The van der Waals surface area contributed by atoms with Crippen molar-refractivity contribution < 1.29 is 0 Å². The highest BCUT2D eigenvalue weighted by atomic mass is 15.3. The molecule has 0 aliphatic carbocycles. The molecule has 3 aromatic rings. The van der Waals surface area contributed by atoms with Gasteiger partial charge in [-0.05, 0) is 36.0 Å². The van der Waals surface area contributed by atoms with Crippen LogP contribution in [0.3, 0.4) is 0 Å². The second kappa shape index (κ2) is 4.63. The van der Waals surface area contributed by atoms with Crippen LogP contribution in [0, 0.1) is 0 Å². The number of rotatable bonds is 3. The van der Waals surface area contributed by atoms with Gasteiger partial charge < -0.3 is 5.32 Å². The van der Waals surface area contributed by atoms with E-state index in [-0.39, 0.29) is 0 Å². The van der Waals surface area contributed by atoms with Gasteiger partial charge in [0.25, 0.3) is 0 Å². The maximum Gasteiger partial charge on any atom is 0.0766 e. The van der Waals surface area contributed by atoms with Crippen molar-refractivity contribution in [2.75, 3.05) is 7.05 Å². The second-order valence-electron chi connectivity index (χ2n) is 4.31. The van der Waals surface area contributed by atoms with E-state index >= 15 is 0 Å². The Morgan fingerprint density at radius 2 is 1.89 bits per heavy atom. The van der Waals surface area contributed by atoms with E-state index in [2.05, 4.69) is 52.9 Å². The van der Waals surface area contributed by atoms with E-state index in [4.69, 9.17) is 0 Å². The Kier molecular flexibility index (Phi) is 2.82. The first-order valence-corrected chi connectivity index (χ1v) is 6.05. The summed E-state index contributed by atoms with van der Waals surface area (Å²) in [7, 11) is 1.93. The molecule has 0 amide bonds. The largest absolute Gasteiger partial charge is 0.314 e. The number of hydrogen-bond acceptors (Lipinski definition) is 2. The van der Waals surface area contributed by atoms with Crippen LogP contribution < -0.4 is 5.32 Å². The summed E-state index contributed by atoms with van der Waals surface area (Å²) >= 11 is 0. The molecule has 0 aliphatic rings. The van der Waals surface area contributed by atoms with E-state index in [1.165, 1.54) is 10.8 Å². The zero-order valence-electron chi connectivity index (χ0n) is 10.3. The van der Waals surface area contributed by atoms with Crippen molar-refractivity contribution in [3.05, 3.63) is 60.4 Å². The summed E-state index contributed by atoms with van der Waals surface area (Å²) in [6, 6.07) is 16.8. The molecule has 0 saturated heterocycles. The quantitative estimate of drug-likeness (QED) is 0.759. The Bertz CT molecular complexity index is 670. The Balaban J connectivity index is 2.02. The fourth-order valence-electron chi connectivity index (χ4n) is 2.10. The van der Waals surface area contributed by atoms with Crippen molar-refractivity contribution in [1.82, 2.24) is 15.1 Å². The molecular weight excluding hydrogens is 222 g/mol. The molecule has 0 unspecified atom stereocenters. The number of benzene rings is 2. The molecule has 0 atom stereocenters. The third kappa shape index (κ3) is 2.00. The first-order chi connectivity index (χ1) is 8.86.